The molecule has 0 bridgehead atoms. The molecular formula is C22H29N3O3. The Bertz CT molecular complexity index is 825. The lowest BCUT2D eigenvalue weighted by atomic mass is 9.85. The van der Waals surface area contributed by atoms with Crippen molar-refractivity contribution in [3.8, 4) is 0 Å². The van der Waals surface area contributed by atoms with Crippen molar-refractivity contribution < 1.29 is 14.3 Å². The van der Waals surface area contributed by atoms with Gasteiger partial charge >= 0.3 is 0 Å². The number of H-pyrrole nitrogens is 1. The van der Waals surface area contributed by atoms with Crippen molar-refractivity contribution in [1.82, 2.24) is 15.6 Å². The first kappa shape index (κ1) is 19.0. The Balaban J connectivity index is 1.26. The van der Waals surface area contributed by atoms with Gasteiger partial charge in [-0.05, 0) is 62.3 Å². The molecule has 1 saturated heterocycles. The standard InChI is InChI=1S/C22H29N3O3/c26-21(18-4-5-20-17(13-18)6-9-23-20)24-14-15-2-1-3-19(12-15)25-22(27)16-7-10-28-11-8-16/h4-6,9,13,15-16,19,23H,1-3,7-8,10-12,14H2,(H,24,26)(H,25,27)/t15-,19+/m1/s1. The van der Waals surface area contributed by atoms with Gasteiger partial charge in [-0.3, -0.25) is 9.59 Å². The molecule has 1 aliphatic heterocycles. The molecule has 4 rings (SSSR count). The molecule has 1 aliphatic carbocycles. The molecule has 2 fully saturated rings. The summed E-state index contributed by atoms with van der Waals surface area (Å²) in [5.74, 6) is 0.653. The number of carbonyl (C=O) groups is 2. The summed E-state index contributed by atoms with van der Waals surface area (Å²) in [6.45, 7) is 2.03. The third-order valence-electron chi connectivity index (χ3n) is 6.09. The number of amides is 2. The predicted molar refractivity (Wildman–Crippen MR) is 108 cm³/mol. The number of rotatable bonds is 5. The molecule has 2 aliphatic rings. The number of benzene rings is 1. The molecule has 1 saturated carbocycles. The molecule has 1 aromatic heterocycles. The van der Waals surface area contributed by atoms with Crippen LogP contribution in [0.2, 0.25) is 0 Å². The van der Waals surface area contributed by atoms with E-state index < -0.39 is 0 Å². The summed E-state index contributed by atoms with van der Waals surface area (Å²) in [5, 5.41) is 7.37. The SMILES string of the molecule is O=C(NC[C@@H]1CCC[C@H](NC(=O)C2CCOCC2)C1)c1ccc2[nH]ccc2c1. The van der Waals surface area contributed by atoms with Crippen molar-refractivity contribution in [3.05, 3.63) is 36.0 Å². The first-order valence-electron chi connectivity index (χ1n) is 10.4. The highest BCUT2D eigenvalue weighted by molar-refractivity contribution is 5.98. The van der Waals surface area contributed by atoms with Gasteiger partial charge in [0.05, 0.1) is 0 Å². The molecular weight excluding hydrogens is 354 g/mol. The third-order valence-corrected chi connectivity index (χ3v) is 6.09. The van der Waals surface area contributed by atoms with Gasteiger partial charge in [0.25, 0.3) is 5.91 Å². The second kappa shape index (κ2) is 8.78. The topological polar surface area (TPSA) is 83.2 Å². The van der Waals surface area contributed by atoms with Gasteiger partial charge in [0, 0.05) is 54.4 Å². The van der Waals surface area contributed by atoms with Crippen molar-refractivity contribution in [1.29, 1.82) is 0 Å². The van der Waals surface area contributed by atoms with E-state index in [1.807, 2.05) is 30.5 Å². The van der Waals surface area contributed by atoms with Crippen LogP contribution in [0, 0.1) is 11.8 Å². The zero-order chi connectivity index (χ0) is 19.3. The lowest BCUT2D eigenvalue weighted by molar-refractivity contribution is -0.128. The van der Waals surface area contributed by atoms with E-state index in [1.165, 1.54) is 0 Å². The molecule has 2 heterocycles. The fourth-order valence-corrected chi connectivity index (χ4v) is 4.42. The Kier molecular flexibility index (Phi) is 5.95. The number of nitrogens with one attached hydrogen (secondary N) is 3. The summed E-state index contributed by atoms with van der Waals surface area (Å²) >= 11 is 0. The summed E-state index contributed by atoms with van der Waals surface area (Å²) in [5.41, 5.74) is 1.72. The van der Waals surface area contributed by atoms with Gasteiger partial charge < -0.3 is 20.4 Å². The van der Waals surface area contributed by atoms with Gasteiger partial charge in [-0.15, -0.1) is 0 Å². The Morgan fingerprint density at radius 3 is 2.82 bits per heavy atom. The summed E-state index contributed by atoms with van der Waals surface area (Å²) in [4.78, 5) is 28.1. The first-order chi connectivity index (χ1) is 13.7. The van der Waals surface area contributed by atoms with Crippen LogP contribution in [0.4, 0.5) is 0 Å². The first-order valence-corrected chi connectivity index (χ1v) is 10.4. The van der Waals surface area contributed by atoms with Crippen molar-refractivity contribution in [2.45, 2.75) is 44.6 Å². The van der Waals surface area contributed by atoms with E-state index in [2.05, 4.69) is 15.6 Å². The fourth-order valence-electron chi connectivity index (χ4n) is 4.42. The van der Waals surface area contributed by atoms with E-state index in [-0.39, 0.29) is 23.8 Å². The quantitative estimate of drug-likeness (QED) is 0.742. The lowest BCUT2D eigenvalue weighted by Crippen LogP contribution is -2.44. The molecule has 150 valence electrons. The van der Waals surface area contributed by atoms with Crippen LogP contribution in [0.15, 0.2) is 30.5 Å². The zero-order valence-electron chi connectivity index (χ0n) is 16.2. The van der Waals surface area contributed by atoms with E-state index in [9.17, 15) is 9.59 Å². The van der Waals surface area contributed by atoms with Crippen LogP contribution in [-0.2, 0) is 9.53 Å². The van der Waals surface area contributed by atoms with Crippen LogP contribution in [0.25, 0.3) is 10.9 Å². The normalized spacial score (nSPS) is 23.4. The predicted octanol–water partition coefficient (Wildman–Crippen LogP) is 3.00. The molecule has 0 spiro atoms. The third kappa shape index (κ3) is 4.55. The molecule has 2 amide bonds. The molecule has 2 atom stereocenters. The minimum atomic E-state index is -0.0311. The highest BCUT2D eigenvalue weighted by Gasteiger charge is 2.27. The molecule has 6 nitrogen and oxygen atoms in total. The van der Waals surface area contributed by atoms with Crippen LogP contribution in [0.3, 0.4) is 0 Å². The number of hydrogen-bond acceptors (Lipinski definition) is 3. The molecule has 0 unspecified atom stereocenters. The van der Waals surface area contributed by atoms with E-state index in [4.69, 9.17) is 4.74 Å². The second-order valence-corrected chi connectivity index (χ2v) is 8.11. The smallest absolute Gasteiger partial charge is 0.251 e. The summed E-state index contributed by atoms with van der Waals surface area (Å²) in [6, 6.07) is 7.90. The van der Waals surface area contributed by atoms with Crippen molar-refractivity contribution >= 4 is 22.7 Å². The van der Waals surface area contributed by atoms with Crippen molar-refractivity contribution in [3.63, 3.8) is 0 Å². The zero-order valence-corrected chi connectivity index (χ0v) is 16.2. The number of aromatic nitrogens is 1. The van der Waals surface area contributed by atoms with Gasteiger partial charge in [0.15, 0.2) is 0 Å². The highest BCUT2D eigenvalue weighted by Crippen LogP contribution is 2.25. The van der Waals surface area contributed by atoms with Crippen LogP contribution in [0.5, 0.6) is 0 Å². The molecule has 3 N–H and O–H groups in total. The van der Waals surface area contributed by atoms with Crippen molar-refractivity contribution in [2.75, 3.05) is 19.8 Å². The van der Waals surface area contributed by atoms with Crippen LogP contribution >= 0.6 is 0 Å². The molecule has 1 aromatic carbocycles. The van der Waals surface area contributed by atoms with Gasteiger partial charge in [0.1, 0.15) is 0 Å². The Hall–Kier alpha value is -2.34. The van der Waals surface area contributed by atoms with Crippen molar-refractivity contribution in [2.24, 2.45) is 11.8 Å². The minimum Gasteiger partial charge on any atom is -0.381 e. The fraction of sp³-hybridized carbons (Fsp3) is 0.545. The maximum atomic E-state index is 12.5. The lowest BCUT2D eigenvalue weighted by Gasteiger charge is -2.31. The molecule has 28 heavy (non-hydrogen) atoms. The van der Waals surface area contributed by atoms with Gasteiger partial charge in [-0.25, -0.2) is 0 Å². The molecule has 2 aromatic rings. The van der Waals surface area contributed by atoms with Crippen LogP contribution in [-0.4, -0.2) is 42.6 Å². The highest BCUT2D eigenvalue weighted by atomic mass is 16.5. The average molecular weight is 383 g/mol. The maximum Gasteiger partial charge on any atom is 0.251 e. The Morgan fingerprint density at radius 1 is 1.11 bits per heavy atom. The van der Waals surface area contributed by atoms with Gasteiger partial charge in [0.2, 0.25) is 5.91 Å². The summed E-state index contributed by atoms with van der Waals surface area (Å²) in [7, 11) is 0. The van der Waals surface area contributed by atoms with E-state index >= 15 is 0 Å². The summed E-state index contributed by atoms with van der Waals surface area (Å²) < 4.78 is 5.34. The number of carbonyl (C=O) groups excluding carboxylic acids is 2. The number of aromatic amines is 1. The van der Waals surface area contributed by atoms with E-state index in [1.54, 1.807) is 0 Å². The largest absolute Gasteiger partial charge is 0.381 e. The maximum absolute atomic E-state index is 12.5. The average Bonchev–Trinajstić information content (AvgIpc) is 3.21. The monoisotopic (exact) mass is 383 g/mol. The second-order valence-electron chi connectivity index (χ2n) is 8.11. The Morgan fingerprint density at radius 2 is 1.96 bits per heavy atom. The van der Waals surface area contributed by atoms with E-state index in [0.29, 0.717) is 31.2 Å². The molecule has 0 radical (unpaired) electrons. The van der Waals surface area contributed by atoms with Gasteiger partial charge in [-0.1, -0.05) is 6.42 Å². The van der Waals surface area contributed by atoms with Crippen LogP contribution < -0.4 is 10.6 Å². The number of ether oxygens (including phenoxy) is 1. The number of hydrogen-bond donors (Lipinski definition) is 3. The number of fused-ring (bicyclic) bond motifs is 1. The molecule has 6 heteroatoms. The summed E-state index contributed by atoms with van der Waals surface area (Å²) in [6.07, 6.45) is 7.68. The van der Waals surface area contributed by atoms with Crippen LogP contribution in [0.1, 0.15) is 48.9 Å². The minimum absolute atomic E-state index is 0.0311. The Labute approximate surface area is 165 Å². The van der Waals surface area contributed by atoms with E-state index in [0.717, 1.165) is 49.4 Å². The van der Waals surface area contributed by atoms with Gasteiger partial charge in [-0.2, -0.15) is 0 Å².